The number of carbonyl (C=O) groups is 3. The number of hydrogen-bond acceptors (Lipinski definition) is 4. The maximum atomic E-state index is 12.7. The quantitative estimate of drug-likeness (QED) is 0.790. The topological polar surface area (TPSA) is 69.7 Å². The van der Waals surface area contributed by atoms with Gasteiger partial charge in [-0.3, -0.25) is 14.4 Å². The van der Waals surface area contributed by atoms with Gasteiger partial charge in [-0.2, -0.15) is 0 Å². The van der Waals surface area contributed by atoms with E-state index in [-0.39, 0.29) is 30.6 Å². The van der Waals surface area contributed by atoms with Crippen molar-refractivity contribution in [1.82, 2.24) is 4.90 Å². The van der Waals surface area contributed by atoms with Crippen LogP contribution in [0.15, 0.2) is 53.4 Å². The molecule has 3 amide bonds. The largest absolute Gasteiger partial charge is 0.342 e. The Morgan fingerprint density at radius 1 is 1.10 bits per heavy atom. The number of hydrogen-bond donors (Lipinski definition) is 1. The average molecular weight is 412 g/mol. The molecule has 1 heterocycles. The van der Waals surface area contributed by atoms with Gasteiger partial charge in [0.05, 0.1) is 5.69 Å². The third kappa shape index (κ3) is 5.60. The van der Waals surface area contributed by atoms with Crippen molar-refractivity contribution in [1.29, 1.82) is 0 Å². The highest BCUT2D eigenvalue weighted by atomic mass is 32.2. The minimum atomic E-state index is -0.199. The summed E-state index contributed by atoms with van der Waals surface area (Å²) < 4.78 is 0. The van der Waals surface area contributed by atoms with Crippen molar-refractivity contribution in [3.8, 4) is 0 Å². The summed E-state index contributed by atoms with van der Waals surface area (Å²) in [4.78, 5) is 40.9. The zero-order valence-electron chi connectivity index (χ0n) is 16.7. The van der Waals surface area contributed by atoms with E-state index >= 15 is 0 Å². The van der Waals surface area contributed by atoms with Crippen molar-refractivity contribution in [2.24, 2.45) is 0 Å². The lowest BCUT2D eigenvalue weighted by Gasteiger charge is -2.29. The van der Waals surface area contributed by atoms with Crippen LogP contribution in [0.25, 0.3) is 0 Å². The zero-order valence-corrected chi connectivity index (χ0v) is 17.5. The van der Waals surface area contributed by atoms with E-state index in [0.29, 0.717) is 18.8 Å². The molecular formula is C22H25N3O3S. The molecule has 0 spiro atoms. The van der Waals surface area contributed by atoms with Gasteiger partial charge in [0.2, 0.25) is 17.7 Å². The van der Waals surface area contributed by atoms with E-state index in [4.69, 9.17) is 0 Å². The van der Waals surface area contributed by atoms with Gasteiger partial charge in [-0.1, -0.05) is 24.3 Å². The third-order valence-electron chi connectivity index (χ3n) is 4.76. The Labute approximate surface area is 175 Å². The minimum absolute atomic E-state index is 0.0179. The molecule has 7 heteroatoms. The summed E-state index contributed by atoms with van der Waals surface area (Å²) in [7, 11) is 1.73. The molecule has 1 aliphatic rings. The summed E-state index contributed by atoms with van der Waals surface area (Å²) in [5.74, 6) is 0.603. The second-order valence-electron chi connectivity index (χ2n) is 6.99. The number of nitrogens with one attached hydrogen (secondary N) is 1. The van der Waals surface area contributed by atoms with Crippen LogP contribution in [0.1, 0.15) is 25.3 Å². The van der Waals surface area contributed by atoms with Gasteiger partial charge >= 0.3 is 0 Å². The molecule has 29 heavy (non-hydrogen) atoms. The van der Waals surface area contributed by atoms with Crippen LogP contribution in [0, 0.1) is 0 Å². The lowest BCUT2D eigenvalue weighted by molar-refractivity contribution is -0.128. The monoisotopic (exact) mass is 411 g/mol. The number of thioether (sulfide) groups is 1. The number of benzene rings is 2. The van der Waals surface area contributed by atoms with E-state index in [1.165, 1.54) is 6.92 Å². The van der Waals surface area contributed by atoms with Gasteiger partial charge in [-0.25, -0.2) is 0 Å². The van der Waals surface area contributed by atoms with Gasteiger partial charge in [0.1, 0.15) is 0 Å². The lowest BCUT2D eigenvalue weighted by atomic mass is 10.1. The second-order valence-corrected chi connectivity index (χ2v) is 8.12. The van der Waals surface area contributed by atoms with Crippen LogP contribution in [0.5, 0.6) is 0 Å². The molecule has 2 aromatic rings. The highest BCUT2D eigenvalue weighted by molar-refractivity contribution is 7.99. The molecule has 1 aliphatic heterocycles. The Morgan fingerprint density at radius 3 is 2.69 bits per heavy atom. The molecule has 0 fully saturated rings. The van der Waals surface area contributed by atoms with Crippen LogP contribution in [0.4, 0.5) is 11.4 Å². The van der Waals surface area contributed by atoms with Crippen LogP contribution in [-0.2, 0) is 20.9 Å². The molecule has 0 atom stereocenters. The van der Waals surface area contributed by atoms with Gasteiger partial charge in [-0.05, 0) is 29.8 Å². The fraction of sp³-hybridized carbons (Fsp3) is 0.318. The van der Waals surface area contributed by atoms with Crippen molar-refractivity contribution in [2.45, 2.75) is 31.2 Å². The number of amides is 3. The molecule has 2 aromatic carbocycles. The molecule has 0 unspecified atom stereocenters. The van der Waals surface area contributed by atoms with Crippen LogP contribution < -0.4 is 10.2 Å². The van der Waals surface area contributed by atoms with Gasteiger partial charge in [0.25, 0.3) is 0 Å². The molecular weight excluding hydrogens is 386 g/mol. The summed E-state index contributed by atoms with van der Waals surface area (Å²) in [6, 6.07) is 15.2. The number of nitrogens with zero attached hydrogens (tertiary/aromatic N) is 2. The van der Waals surface area contributed by atoms with E-state index in [1.54, 1.807) is 34.7 Å². The van der Waals surface area contributed by atoms with Gasteiger partial charge in [0.15, 0.2) is 0 Å². The smallest absolute Gasteiger partial charge is 0.227 e. The Kier molecular flexibility index (Phi) is 6.93. The Hall–Kier alpha value is -2.80. The van der Waals surface area contributed by atoms with Crippen molar-refractivity contribution in [2.75, 3.05) is 29.6 Å². The Bertz CT molecular complexity index is 916. The summed E-state index contributed by atoms with van der Waals surface area (Å²) >= 11 is 1.75. The highest BCUT2D eigenvalue weighted by Gasteiger charge is 2.22. The van der Waals surface area contributed by atoms with Gasteiger partial charge < -0.3 is 15.1 Å². The predicted molar refractivity (Wildman–Crippen MR) is 116 cm³/mol. The zero-order chi connectivity index (χ0) is 20.8. The maximum absolute atomic E-state index is 12.7. The highest BCUT2D eigenvalue weighted by Crippen LogP contribution is 2.34. The normalized spacial score (nSPS) is 12.8. The Balaban J connectivity index is 1.54. The molecule has 0 bridgehead atoms. The average Bonchev–Trinajstić information content (AvgIpc) is 2.71. The van der Waals surface area contributed by atoms with E-state index in [9.17, 15) is 14.4 Å². The van der Waals surface area contributed by atoms with E-state index in [1.807, 2.05) is 42.5 Å². The molecule has 3 rings (SSSR count). The molecule has 0 aliphatic carbocycles. The number of anilines is 2. The molecule has 0 saturated carbocycles. The van der Waals surface area contributed by atoms with E-state index in [0.717, 1.165) is 21.9 Å². The van der Waals surface area contributed by atoms with E-state index in [2.05, 4.69) is 5.32 Å². The predicted octanol–water partition coefficient (Wildman–Crippen LogP) is 3.52. The summed E-state index contributed by atoms with van der Waals surface area (Å²) in [6.07, 6.45) is 0.291. The second kappa shape index (κ2) is 9.60. The lowest BCUT2D eigenvalue weighted by Crippen LogP contribution is -2.35. The minimum Gasteiger partial charge on any atom is -0.342 e. The van der Waals surface area contributed by atoms with Crippen LogP contribution in [0.2, 0.25) is 0 Å². The molecule has 0 radical (unpaired) electrons. The van der Waals surface area contributed by atoms with Crippen molar-refractivity contribution < 1.29 is 14.4 Å². The summed E-state index contributed by atoms with van der Waals surface area (Å²) in [6.45, 7) is 2.65. The van der Waals surface area contributed by atoms with Gasteiger partial charge in [0, 0.05) is 56.2 Å². The van der Waals surface area contributed by atoms with Crippen molar-refractivity contribution in [3.05, 3.63) is 54.1 Å². The molecule has 152 valence electrons. The number of fused-ring (bicyclic) bond motifs is 1. The standard InChI is InChI=1S/C22H25N3O3S/c1-16(26)24(2)15-17-6-5-7-18(14-17)23-21(27)10-11-22(28)25-12-13-29-20-9-4-3-8-19(20)25/h3-9,14H,10-13,15H2,1-2H3,(H,23,27). The SMILES string of the molecule is CC(=O)N(C)Cc1cccc(NC(=O)CCC(=O)N2CCSc3ccccc32)c1. The maximum Gasteiger partial charge on any atom is 0.227 e. The number of carbonyl (C=O) groups excluding carboxylic acids is 3. The first-order chi connectivity index (χ1) is 13.9. The first-order valence-electron chi connectivity index (χ1n) is 9.57. The van der Waals surface area contributed by atoms with Gasteiger partial charge in [-0.15, -0.1) is 11.8 Å². The summed E-state index contributed by atoms with van der Waals surface area (Å²) in [5.41, 5.74) is 2.52. The van der Waals surface area contributed by atoms with Crippen LogP contribution >= 0.6 is 11.8 Å². The molecule has 1 N–H and O–H groups in total. The van der Waals surface area contributed by atoms with E-state index < -0.39 is 0 Å². The first-order valence-corrected chi connectivity index (χ1v) is 10.6. The molecule has 6 nitrogen and oxygen atoms in total. The molecule has 0 aromatic heterocycles. The third-order valence-corrected chi connectivity index (χ3v) is 5.81. The Morgan fingerprint density at radius 2 is 1.90 bits per heavy atom. The number of rotatable bonds is 6. The summed E-state index contributed by atoms with van der Waals surface area (Å²) in [5, 5.41) is 2.84. The number of para-hydroxylation sites is 1. The van der Waals surface area contributed by atoms with Crippen molar-refractivity contribution >= 4 is 40.9 Å². The fourth-order valence-corrected chi connectivity index (χ4v) is 4.13. The van der Waals surface area contributed by atoms with Crippen molar-refractivity contribution in [3.63, 3.8) is 0 Å². The van der Waals surface area contributed by atoms with Crippen LogP contribution in [-0.4, -0.2) is 42.0 Å². The first kappa shape index (κ1) is 20.9. The molecule has 0 saturated heterocycles. The fourth-order valence-electron chi connectivity index (χ4n) is 3.14. The van der Waals surface area contributed by atoms with Crippen LogP contribution in [0.3, 0.4) is 0 Å².